The van der Waals surface area contributed by atoms with Crippen LogP contribution in [0.4, 0.5) is 0 Å². The first kappa shape index (κ1) is 16.2. The summed E-state index contributed by atoms with van der Waals surface area (Å²) in [6, 6.07) is 7.99. The van der Waals surface area contributed by atoms with Crippen LogP contribution in [0.1, 0.15) is 16.7 Å². The Morgan fingerprint density at radius 3 is 2.75 bits per heavy atom. The number of amides is 1. The van der Waals surface area contributed by atoms with E-state index in [9.17, 15) is 10.1 Å². The van der Waals surface area contributed by atoms with Crippen molar-refractivity contribution in [1.82, 2.24) is 19.4 Å². The summed E-state index contributed by atoms with van der Waals surface area (Å²) in [7, 11) is 0. The third-order valence-corrected chi connectivity index (χ3v) is 5.01. The number of piperazine rings is 1. The Kier molecular flexibility index (Phi) is 4.90. The molecule has 2 aromatic rings. The van der Waals surface area contributed by atoms with Crippen LogP contribution in [0.25, 0.3) is 0 Å². The van der Waals surface area contributed by atoms with Gasteiger partial charge in [-0.3, -0.25) is 9.69 Å². The Labute approximate surface area is 144 Å². The minimum Gasteiger partial charge on any atom is -0.339 e. The molecule has 0 aliphatic carbocycles. The predicted octanol–water partition coefficient (Wildman–Crippen LogP) is 1.23. The van der Waals surface area contributed by atoms with E-state index in [1.165, 1.54) is 6.20 Å². The molecule has 0 bridgehead atoms. The number of carbonyl (C=O) groups excluding carboxylic acids is 1. The first-order valence-electron chi connectivity index (χ1n) is 7.59. The summed E-state index contributed by atoms with van der Waals surface area (Å²) in [5, 5.41) is 20.4. The summed E-state index contributed by atoms with van der Waals surface area (Å²) in [5.41, 5.74) is 0. The van der Waals surface area contributed by atoms with E-state index in [4.69, 9.17) is 5.26 Å². The summed E-state index contributed by atoms with van der Waals surface area (Å²) in [5.74, 6) is 0.206. The average molecular weight is 340 g/mol. The molecule has 1 atom stereocenters. The molecule has 0 radical (unpaired) electrons. The lowest BCUT2D eigenvalue weighted by molar-refractivity contribution is -0.133. The fourth-order valence-electron chi connectivity index (χ4n) is 2.80. The van der Waals surface area contributed by atoms with Crippen LogP contribution in [0.3, 0.4) is 0 Å². The Hall–Kier alpha value is -2.68. The number of nitrogens with zero attached hydrogens (tertiary/aromatic N) is 6. The molecule has 1 aliphatic heterocycles. The molecule has 122 valence electrons. The normalized spacial score (nSPS) is 16.3. The largest absolute Gasteiger partial charge is 0.339 e. The van der Waals surface area contributed by atoms with Crippen molar-refractivity contribution >= 4 is 17.2 Å². The van der Waals surface area contributed by atoms with E-state index in [1.54, 1.807) is 27.0 Å². The molecule has 1 unspecified atom stereocenters. The van der Waals surface area contributed by atoms with Crippen molar-refractivity contribution < 1.29 is 4.79 Å². The highest BCUT2D eigenvalue weighted by atomic mass is 32.1. The standard InChI is InChI=1S/C16H16N6OS/c17-10-13(14-2-1-9-24-14)20-5-7-21(8-6-20)16(23)12-22-4-3-19-15(22)11-18/h1-4,9,13H,5-8,12H2. The number of rotatable bonds is 4. The summed E-state index contributed by atoms with van der Waals surface area (Å²) >= 11 is 1.58. The number of carbonyl (C=O) groups is 1. The second-order valence-corrected chi connectivity index (χ2v) is 6.43. The summed E-state index contributed by atoms with van der Waals surface area (Å²) in [6.45, 7) is 2.61. The highest BCUT2D eigenvalue weighted by Crippen LogP contribution is 2.25. The van der Waals surface area contributed by atoms with Gasteiger partial charge in [-0.1, -0.05) is 6.07 Å². The number of hydrogen-bond donors (Lipinski definition) is 0. The van der Waals surface area contributed by atoms with Crippen LogP contribution in [0.2, 0.25) is 0 Å². The number of imidazole rings is 1. The number of thiophene rings is 1. The molecule has 3 rings (SSSR count). The monoisotopic (exact) mass is 340 g/mol. The molecule has 1 fully saturated rings. The van der Waals surface area contributed by atoms with Crippen molar-refractivity contribution in [3.05, 3.63) is 40.6 Å². The van der Waals surface area contributed by atoms with Crippen molar-refractivity contribution in [1.29, 1.82) is 10.5 Å². The molecule has 8 heteroatoms. The van der Waals surface area contributed by atoms with Crippen molar-refractivity contribution in [2.24, 2.45) is 0 Å². The Bertz CT molecular complexity index is 776. The maximum absolute atomic E-state index is 12.4. The van der Waals surface area contributed by atoms with E-state index in [1.807, 2.05) is 23.6 Å². The van der Waals surface area contributed by atoms with E-state index in [0.717, 1.165) is 4.88 Å². The van der Waals surface area contributed by atoms with Crippen molar-refractivity contribution in [2.75, 3.05) is 26.2 Å². The minimum absolute atomic E-state index is 0.0335. The molecule has 7 nitrogen and oxygen atoms in total. The Balaban J connectivity index is 1.58. The molecule has 24 heavy (non-hydrogen) atoms. The quantitative estimate of drug-likeness (QED) is 0.835. The van der Waals surface area contributed by atoms with Gasteiger partial charge < -0.3 is 9.47 Å². The molecule has 3 heterocycles. The molecule has 0 saturated carbocycles. The number of aromatic nitrogens is 2. The maximum atomic E-state index is 12.4. The van der Waals surface area contributed by atoms with Crippen molar-refractivity contribution in [3.8, 4) is 12.1 Å². The number of nitriles is 2. The zero-order valence-electron chi connectivity index (χ0n) is 13.0. The van der Waals surface area contributed by atoms with E-state index < -0.39 is 0 Å². The predicted molar refractivity (Wildman–Crippen MR) is 87.8 cm³/mol. The van der Waals surface area contributed by atoms with E-state index in [2.05, 4.69) is 16.0 Å². The van der Waals surface area contributed by atoms with Crippen LogP contribution < -0.4 is 0 Å². The third kappa shape index (κ3) is 3.30. The zero-order valence-corrected chi connectivity index (χ0v) is 13.8. The smallest absolute Gasteiger partial charge is 0.242 e. The van der Waals surface area contributed by atoms with Gasteiger partial charge in [0.1, 0.15) is 18.7 Å². The molecule has 0 spiro atoms. The summed E-state index contributed by atoms with van der Waals surface area (Å²) < 4.78 is 1.55. The van der Waals surface area contributed by atoms with Crippen molar-refractivity contribution in [3.63, 3.8) is 0 Å². The van der Waals surface area contributed by atoms with Gasteiger partial charge >= 0.3 is 0 Å². The zero-order chi connectivity index (χ0) is 16.9. The summed E-state index contributed by atoms with van der Waals surface area (Å²) in [4.78, 5) is 21.2. The van der Waals surface area contributed by atoms with E-state index in [0.29, 0.717) is 26.2 Å². The minimum atomic E-state index is -0.249. The SMILES string of the molecule is N#Cc1nccn1CC(=O)N1CCN(C(C#N)c2cccs2)CC1. The van der Waals surface area contributed by atoms with Crippen LogP contribution in [-0.2, 0) is 11.3 Å². The molecule has 0 N–H and O–H groups in total. The van der Waals surface area contributed by atoms with Gasteiger partial charge in [0.05, 0.1) is 6.07 Å². The third-order valence-electron chi connectivity index (χ3n) is 4.09. The second kappa shape index (κ2) is 7.26. The first-order valence-corrected chi connectivity index (χ1v) is 8.47. The van der Waals surface area contributed by atoms with Gasteiger partial charge in [0.2, 0.25) is 11.7 Å². The van der Waals surface area contributed by atoms with E-state index in [-0.39, 0.29) is 24.3 Å². The fraction of sp³-hybridized carbons (Fsp3) is 0.375. The van der Waals surface area contributed by atoms with Gasteiger partial charge in [-0.25, -0.2) is 4.98 Å². The molecule has 1 amide bonds. The first-order chi connectivity index (χ1) is 11.7. The topological polar surface area (TPSA) is 88.9 Å². The highest BCUT2D eigenvalue weighted by Gasteiger charge is 2.27. The Morgan fingerprint density at radius 1 is 1.33 bits per heavy atom. The Morgan fingerprint density at radius 2 is 2.12 bits per heavy atom. The second-order valence-electron chi connectivity index (χ2n) is 5.45. The average Bonchev–Trinajstić information content (AvgIpc) is 3.28. The van der Waals surface area contributed by atoms with Gasteiger partial charge in [-0.2, -0.15) is 10.5 Å². The van der Waals surface area contributed by atoms with Crippen LogP contribution in [-0.4, -0.2) is 51.4 Å². The van der Waals surface area contributed by atoms with Gasteiger partial charge in [-0.05, 0) is 11.4 Å². The lowest BCUT2D eigenvalue weighted by Crippen LogP contribution is -2.50. The molecule has 1 aliphatic rings. The van der Waals surface area contributed by atoms with Crippen LogP contribution in [0, 0.1) is 22.7 Å². The van der Waals surface area contributed by atoms with Gasteiger partial charge in [0, 0.05) is 43.4 Å². The molecular weight excluding hydrogens is 324 g/mol. The van der Waals surface area contributed by atoms with E-state index >= 15 is 0 Å². The van der Waals surface area contributed by atoms with Gasteiger partial charge in [0.15, 0.2) is 0 Å². The van der Waals surface area contributed by atoms with Gasteiger partial charge in [0.25, 0.3) is 0 Å². The van der Waals surface area contributed by atoms with Crippen molar-refractivity contribution in [2.45, 2.75) is 12.6 Å². The van der Waals surface area contributed by atoms with Crippen LogP contribution in [0.15, 0.2) is 29.9 Å². The molecular formula is C16H16N6OS. The highest BCUT2D eigenvalue weighted by molar-refractivity contribution is 7.10. The fourth-order valence-corrected chi connectivity index (χ4v) is 3.60. The lowest BCUT2D eigenvalue weighted by Gasteiger charge is -2.36. The molecule has 0 aromatic carbocycles. The van der Waals surface area contributed by atoms with Gasteiger partial charge in [-0.15, -0.1) is 11.3 Å². The number of hydrogen-bond acceptors (Lipinski definition) is 6. The van der Waals surface area contributed by atoms with Crippen LogP contribution >= 0.6 is 11.3 Å². The lowest BCUT2D eigenvalue weighted by atomic mass is 10.2. The molecule has 1 saturated heterocycles. The van der Waals surface area contributed by atoms with Crippen LogP contribution in [0.5, 0.6) is 0 Å². The molecule has 2 aromatic heterocycles. The maximum Gasteiger partial charge on any atom is 0.242 e. The summed E-state index contributed by atoms with van der Waals surface area (Å²) in [6.07, 6.45) is 3.15.